The van der Waals surface area contributed by atoms with Crippen LogP contribution in [0.15, 0.2) is 24.3 Å². The zero-order valence-corrected chi connectivity index (χ0v) is 11.8. The molecule has 20 heavy (non-hydrogen) atoms. The number of rotatable bonds is 7. The van der Waals surface area contributed by atoms with Gasteiger partial charge in [0.2, 0.25) is 0 Å². The molecule has 0 aromatic heterocycles. The van der Waals surface area contributed by atoms with Gasteiger partial charge in [0.15, 0.2) is 0 Å². The fraction of sp³-hybridized carbons (Fsp3) is 0.562. The van der Waals surface area contributed by atoms with E-state index >= 15 is 0 Å². The third-order valence-electron chi connectivity index (χ3n) is 4.00. The van der Waals surface area contributed by atoms with Crippen LogP contribution in [0.3, 0.4) is 0 Å². The average molecular weight is 277 g/mol. The first-order chi connectivity index (χ1) is 9.72. The van der Waals surface area contributed by atoms with E-state index in [0.717, 1.165) is 25.8 Å². The van der Waals surface area contributed by atoms with E-state index in [2.05, 4.69) is 29.2 Å². The summed E-state index contributed by atoms with van der Waals surface area (Å²) in [5, 5.41) is 18.0. The quantitative estimate of drug-likeness (QED) is 0.802. The summed E-state index contributed by atoms with van der Waals surface area (Å²) in [7, 11) is 0. The van der Waals surface area contributed by atoms with Crippen molar-refractivity contribution in [2.45, 2.75) is 38.1 Å². The van der Waals surface area contributed by atoms with Crippen LogP contribution in [0.25, 0.3) is 0 Å². The second-order valence-corrected chi connectivity index (χ2v) is 5.36. The Morgan fingerprint density at radius 3 is 2.85 bits per heavy atom. The third kappa shape index (κ3) is 3.81. The molecule has 0 aliphatic heterocycles. The minimum atomic E-state index is -0.752. The van der Waals surface area contributed by atoms with Crippen LogP contribution >= 0.6 is 0 Å². The fourth-order valence-electron chi connectivity index (χ4n) is 3.09. The second-order valence-electron chi connectivity index (χ2n) is 5.36. The molecule has 0 amide bonds. The lowest BCUT2D eigenvalue weighted by molar-refractivity contribution is -0.137. The van der Waals surface area contributed by atoms with E-state index < -0.39 is 5.97 Å². The highest BCUT2D eigenvalue weighted by Crippen LogP contribution is 2.34. The van der Waals surface area contributed by atoms with Gasteiger partial charge in [-0.1, -0.05) is 24.3 Å². The van der Waals surface area contributed by atoms with Gasteiger partial charge in [0, 0.05) is 19.0 Å². The van der Waals surface area contributed by atoms with Crippen LogP contribution in [-0.2, 0) is 11.2 Å². The van der Waals surface area contributed by atoms with Crippen LogP contribution in [-0.4, -0.2) is 40.8 Å². The van der Waals surface area contributed by atoms with Crippen LogP contribution in [0.5, 0.6) is 0 Å². The summed E-state index contributed by atoms with van der Waals surface area (Å²) >= 11 is 0. The number of aliphatic hydroxyl groups excluding tert-OH is 1. The minimum Gasteiger partial charge on any atom is -0.481 e. The standard InChI is InChI=1S/C16H23NO3/c18-12-11-17(10-4-9-16(19)20)15-8-3-6-13-5-1-2-7-14(13)15/h1-2,5,7,15,18H,3-4,6,8-12H2,(H,19,20). The minimum absolute atomic E-state index is 0.117. The molecule has 1 aliphatic carbocycles. The highest BCUT2D eigenvalue weighted by molar-refractivity contribution is 5.66. The SMILES string of the molecule is O=C(O)CCCN(CCO)C1CCCc2ccccc21. The normalized spacial score (nSPS) is 18.0. The molecule has 1 aliphatic rings. The van der Waals surface area contributed by atoms with Crippen LogP contribution in [0, 0.1) is 0 Å². The number of benzene rings is 1. The van der Waals surface area contributed by atoms with E-state index in [1.54, 1.807) is 0 Å². The number of nitrogens with zero attached hydrogens (tertiary/aromatic N) is 1. The first-order valence-electron chi connectivity index (χ1n) is 7.37. The van der Waals surface area contributed by atoms with Gasteiger partial charge in [0.1, 0.15) is 0 Å². The van der Waals surface area contributed by atoms with Crippen LogP contribution in [0.2, 0.25) is 0 Å². The summed E-state index contributed by atoms with van der Waals surface area (Å²) < 4.78 is 0. The first kappa shape index (κ1) is 15.0. The molecule has 0 radical (unpaired) electrons. The van der Waals surface area contributed by atoms with Gasteiger partial charge in [-0.2, -0.15) is 0 Å². The lowest BCUT2D eigenvalue weighted by Crippen LogP contribution is -2.34. The van der Waals surface area contributed by atoms with Gasteiger partial charge in [-0.25, -0.2) is 0 Å². The van der Waals surface area contributed by atoms with Crippen molar-refractivity contribution in [1.82, 2.24) is 4.90 Å². The smallest absolute Gasteiger partial charge is 0.303 e. The molecule has 4 heteroatoms. The number of aliphatic hydroxyl groups is 1. The summed E-state index contributed by atoms with van der Waals surface area (Å²) in [6.07, 6.45) is 4.19. The number of aryl methyl sites for hydroxylation is 1. The van der Waals surface area contributed by atoms with Crippen molar-refractivity contribution < 1.29 is 15.0 Å². The Bertz CT molecular complexity index is 447. The lowest BCUT2D eigenvalue weighted by Gasteiger charge is -2.35. The number of carboxylic acids is 1. The molecule has 0 bridgehead atoms. The molecule has 1 atom stereocenters. The Labute approximate surface area is 120 Å². The summed E-state index contributed by atoms with van der Waals surface area (Å²) in [6, 6.07) is 8.80. The van der Waals surface area contributed by atoms with E-state index in [0.29, 0.717) is 19.0 Å². The molecule has 4 nitrogen and oxygen atoms in total. The molecule has 1 aromatic carbocycles. The van der Waals surface area contributed by atoms with Crippen molar-refractivity contribution in [3.63, 3.8) is 0 Å². The molecule has 0 saturated heterocycles. The number of carbonyl (C=O) groups is 1. The maximum absolute atomic E-state index is 10.6. The Hall–Kier alpha value is -1.39. The van der Waals surface area contributed by atoms with Crippen LogP contribution in [0.4, 0.5) is 0 Å². The fourth-order valence-corrected chi connectivity index (χ4v) is 3.09. The van der Waals surface area contributed by atoms with Crippen molar-refractivity contribution in [2.75, 3.05) is 19.7 Å². The predicted octanol–water partition coefficient (Wildman–Crippen LogP) is 2.22. The molecule has 0 saturated carbocycles. The second kappa shape index (κ2) is 7.41. The number of hydrogen-bond donors (Lipinski definition) is 2. The lowest BCUT2D eigenvalue weighted by atomic mass is 9.86. The topological polar surface area (TPSA) is 60.8 Å². The number of hydrogen-bond acceptors (Lipinski definition) is 3. The zero-order chi connectivity index (χ0) is 14.4. The Kier molecular flexibility index (Phi) is 5.56. The van der Waals surface area contributed by atoms with Gasteiger partial charge in [-0.05, 0) is 43.4 Å². The van der Waals surface area contributed by atoms with E-state index in [-0.39, 0.29) is 13.0 Å². The van der Waals surface area contributed by atoms with Gasteiger partial charge >= 0.3 is 5.97 Å². The van der Waals surface area contributed by atoms with E-state index in [9.17, 15) is 9.90 Å². The van der Waals surface area contributed by atoms with Gasteiger partial charge < -0.3 is 10.2 Å². The van der Waals surface area contributed by atoms with Crippen molar-refractivity contribution in [1.29, 1.82) is 0 Å². The highest BCUT2D eigenvalue weighted by Gasteiger charge is 2.25. The Balaban J connectivity index is 2.07. The monoisotopic (exact) mass is 277 g/mol. The van der Waals surface area contributed by atoms with Gasteiger partial charge in [-0.3, -0.25) is 9.69 Å². The van der Waals surface area contributed by atoms with E-state index in [1.807, 2.05) is 0 Å². The highest BCUT2D eigenvalue weighted by atomic mass is 16.4. The Morgan fingerprint density at radius 1 is 1.30 bits per heavy atom. The van der Waals surface area contributed by atoms with Crippen molar-refractivity contribution in [2.24, 2.45) is 0 Å². The summed E-state index contributed by atoms with van der Waals surface area (Å²) in [5.41, 5.74) is 2.74. The van der Waals surface area contributed by atoms with Crippen molar-refractivity contribution >= 4 is 5.97 Å². The molecule has 0 fully saturated rings. The number of aliphatic carboxylic acids is 1. The molecule has 1 unspecified atom stereocenters. The maximum atomic E-state index is 10.6. The molecule has 2 rings (SSSR count). The van der Waals surface area contributed by atoms with Gasteiger partial charge in [-0.15, -0.1) is 0 Å². The van der Waals surface area contributed by atoms with E-state index in [1.165, 1.54) is 11.1 Å². The van der Waals surface area contributed by atoms with Gasteiger partial charge in [0.25, 0.3) is 0 Å². The first-order valence-corrected chi connectivity index (χ1v) is 7.37. The third-order valence-corrected chi connectivity index (χ3v) is 4.00. The largest absolute Gasteiger partial charge is 0.481 e. The van der Waals surface area contributed by atoms with Crippen molar-refractivity contribution in [3.8, 4) is 0 Å². The Morgan fingerprint density at radius 2 is 2.10 bits per heavy atom. The number of carboxylic acid groups (broad SMARTS) is 1. The maximum Gasteiger partial charge on any atom is 0.303 e. The van der Waals surface area contributed by atoms with Crippen LogP contribution < -0.4 is 0 Å². The molecule has 0 heterocycles. The summed E-state index contributed by atoms with van der Waals surface area (Å²) in [5.74, 6) is -0.752. The van der Waals surface area contributed by atoms with E-state index in [4.69, 9.17) is 5.11 Å². The van der Waals surface area contributed by atoms with Gasteiger partial charge in [0.05, 0.1) is 6.61 Å². The molecular formula is C16H23NO3. The average Bonchev–Trinajstić information content (AvgIpc) is 2.45. The molecule has 2 N–H and O–H groups in total. The molecule has 1 aromatic rings. The molecule has 0 spiro atoms. The van der Waals surface area contributed by atoms with Crippen LogP contribution in [0.1, 0.15) is 42.9 Å². The summed E-state index contributed by atoms with van der Waals surface area (Å²) in [4.78, 5) is 12.9. The predicted molar refractivity (Wildman–Crippen MR) is 77.6 cm³/mol. The van der Waals surface area contributed by atoms with Crippen molar-refractivity contribution in [3.05, 3.63) is 35.4 Å². The zero-order valence-electron chi connectivity index (χ0n) is 11.8. The molecule has 110 valence electrons. The summed E-state index contributed by atoms with van der Waals surface area (Å²) in [6.45, 7) is 1.45. The number of fused-ring (bicyclic) bond motifs is 1. The molecular weight excluding hydrogens is 254 g/mol.